The quantitative estimate of drug-likeness (QED) is 0.501. The summed E-state index contributed by atoms with van der Waals surface area (Å²) in [4.78, 5) is 30.0. The average Bonchev–Trinajstić information content (AvgIpc) is 3.17. The minimum Gasteiger partial charge on any atom is -0.465 e. The number of nitrogens with zero attached hydrogens (tertiary/aromatic N) is 4. The van der Waals surface area contributed by atoms with Gasteiger partial charge >= 0.3 is 5.97 Å². The molecule has 0 aliphatic rings. The summed E-state index contributed by atoms with van der Waals surface area (Å²) in [6, 6.07) is 15.2. The van der Waals surface area contributed by atoms with E-state index in [2.05, 4.69) is 10.1 Å². The number of ether oxygens (including phenoxy) is 1. The lowest BCUT2D eigenvalue weighted by Gasteiger charge is -2.13. The van der Waals surface area contributed by atoms with Gasteiger partial charge in [-0.25, -0.2) is 23.2 Å². The summed E-state index contributed by atoms with van der Waals surface area (Å²) < 4.78 is 29.4. The zero-order chi connectivity index (χ0) is 23.3. The Morgan fingerprint density at radius 3 is 2.34 bits per heavy atom. The molecular weight excluding hydrogens is 434 g/mol. The van der Waals surface area contributed by atoms with Gasteiger partial charge in [-0.05, 0) is 36.8 Å². The molecule has 0 bridgehead atoms. The standard InChI is InChI=1S/C21H23N5O5S/c1-3-31-19(27)14-25(2)21(28)20-23-18(13-15-7-5-4-6-8-15)26(24-20)16-9-11-17(12-10-16)32(22,29)30/h4-12H,3,13-14H2,1-2H3,(H2,22,29,30). The van der Waals surface area contributed by atoms with Crippen LogP contribution in [0.1, 0.15) is 28.9 Å². The van der Waals surface area contributed by atoms with E-state index in [9.17, 15) is 18.0 Å². The van der Waals surface area contributed by atoms with Crippen LogP contribution in [0.2, 0.25) is 0 Å². The van der Waals surface area contributed by atoms with E-state index in [-0.39, 0.29) is 23.9 Å². The number of benzene rings is 2. The predicted octanol–water partition coefficient (Wildman–Crippen LogP) is 1.14. The molecule has 0 radical (unpaired) electrons. The largest absolute Gasteiger partial charge is 0.465 e. The lowest BCUT2D eigenvalue weighted by atomic mass is 10.1. The first-order valence-corrected chi connectivity index (χ1v) is 11.3. The Balaban J connectivity index is 1.96. The van der Waals surface area contributed by atoms with Gasteiger partial charge in [0.25, 0.3) is 5.91 Å². The van der Waals surface area contributed by atoms with Crippen LogP contribution in [0.15, 0.2) is 59.5 Å². The van der Waals surface area contributed by atoms with E-state index in [1.165, 1.54) is 40.9 Å². The minimum atomic E-state index is -3.85. The van der Waals surface area contributed by atoms with Crippen LogP contribution in [0, 0.1) is 0 Å². The van der Waals surface area contributed by atoms with E-state index in [0.29, 0.717) is 17.9 Å². The summed E-state index contributed by atoms with van der Waals surface area (Å²) in [6.45, 7) is 1.65. The molecule has 0 aliphatic carbocycles. The van der Waals surface area contributed by atoms with E-state index in [0.717, 1.165) is 5.56 Å². The molecule has 0 atom stereocenters. The van der Waals surface area contributed by atoms with Gasteiger partial charge in [-0.1, -0.05) is 30.3 Å². The van der Waals surface area contributed by atoms with Crippen LogP contribution in [0.25, 0.3) is 5.69 Å². The van der Waals surface area contributed by atoms with Gasteiger partial charge in [0.15, 0.2) is 0 Å². The first-order chi connectivity index (χ1) is 15.2. The van der Waals surface area contributed by atoms with Gasteiger partial charge in [-0.2, -0.15) is 0 Å². The second-order valence-corrected chi connectivity index (χ2v) is 8.49. The molecule has 32 heavy (non-hydrogen) atoms. The van der Waals surface area contributed by atoms with Gasteiger partial charge in [0.05, 0.1) is 17.2 Å². The van der Waals surface area contributed by atoms with Crippen LogP contribution < -0.4 is 5.14 Å². The van der Waals surface area contributed by atoms with Crippen molar-refractivity contribution in [2.24, 2.45) is 5.14 Å². The maximum atomic E-state index is 12.8. The summed E-state index contributed by atoms with van der Waals surface area (Å²) in [5.74, 6) is -0.719. The van der Waals surface area contributed by atoms with E-state index in [1.807, 2.05) is 30.3 Å². The number of rotatable bonds is 8. The Kier molecular flexibility index (Phi) is 7.01. The van der Waals surface area contributed by atoms with Crippen LogP contribution in [0.4, 0.5) is 0 Å². The number of sulfonamides is 1. The van der Waals surface area contributed by atoms with E-state index in [4.69, 9.17) is 9.88 Å². The second kappa shape index (κ2) is 9.71. The van der Waals surface area contributed by atoms with Gasteiger partial charge in [-0.15, -0.1) is 5.10 Å². The molecule has 0 saturated carbocycles. The Morgan fingerprint density at radius 1 is 1.09 bits per heavy atom. The SMILES string of the molecule is CCOC(=O)CN(C)C(=O)c1nc(Cc2ccccc2)n(-c2ccc(S(N)(=O)=O)cc2)n1. The van der Waals surface area contributed by atoms with Crippen LogP contribution in [-0.4, -0.2) is 60.2 Å². The summed E-state index contributed by atoms with van der Waals surface area (Å²) in [5.41, 5.74) is 1.45. The number of hydrogen-bond acceptors (Lipinski definition) is 7. The van der Waals surface area contributed by atoms with Crippen molar-refractivity contribution in [3.63, 3.8) is 0 Å². The molecule has 3 rings (SSSR count). The molecule has 0 saturated heterocycles. The normalized spacial score (nSPS) is 11.2. The Bertz CT molecular complexity index is 1210. The highest BCUT2D eigenvalue weighted by Crippen LogP contribution is 2.17. The number of nitrogens with two attached hydrogens (primary N) is 1. The van der Waals surface area contributed by atoms with Crippen molar-refractivity contribution in [1.82, 2.24) is 19.7 Å². The van der Waals surface area contributed by atoms with Crippen LogP contribution >= 0.6 is 0 Å². The smallest absolute Gasteiger partial charge is 0.325 e. The number of primary sulfonamides is 1. The predicted molar refractivity (Wildman–Crippen MR) is 116 cm³/mol. The number of hydrogen-bond donors (Lipinski definition) is 1. The first kappa shape index (κ1) is 23.1. The number of carbonyl (C=O) groups is 2. The second-order valence-electron chi connectivity index (χ2n) is 6.93. The molecule has 2 aromatic carbocycles. The molecule has 0 aliphatic heterocycles. The van der Waals surface area contributed by atoms with Gasteiger partial charge < -0.3 is 9.64 Å². The van der Waals surface area contributed by atoms with Crippen molar-refractivity contribution in [3.05, 3.63) is 71.8 Å². The van der Waals surface area contributed by atoms with Crippen LogP contribution in [0.5, 0.6) is 0 Å². The fourth-order valence-corrected chi connectivity index (χ4v) is 3.47. The molecule has 1 aromatic heterocycles. The molecule has 3 aromatic rings. The molecule has 11 heteroatoms. The van der Waals surface area contributed by atoms with Gasteiger partial charge in [-0.3, -0.25) is 9.59 Å². The number of aromatic nitrogens is 3. The fraction of sp³-hybridized carbons (Fsp3) is 0.238. The number of esters is 1. The van der Waals surface area contributed by atoms with Crippen molar-refractivity contribution in [3.8, 4) is 5.69 Å². The summed E-state index contributed by atoms with van der Waals surface area (Å²) in [5, 5.41) is 9.49. The van der Waals surface area contributed by atoms with Gasteiger partial charge in [0.2, 0.25) is 15.8 Å². The lowest BCUT2D eigenvalue weighted by Crippen LogP contribution is -2.33. The molecule has 0 fully saturated rings. The third-order valence-corrected chi connectivity index (χ3v) is 5.43. The fourth-order valence-electron chi connectivity index (χ4n) is 2.95. The Hall–Kier alpha value is -3.57. The molecule has 2 N–H and O–H groups in total. The molecule has 0 unspecified atom stereocenters. The van der Waals surface area contributed by atoms with Crippen molar-refractivity contribution in [2.45, 2.75) is 18.2 Å². The molecular formula is C21H23N5O5S. The number of amides is 1. The topological polar surface area (TPSA) is 137 Å². The molecule has 168 valence electrons. The van der Waals surface area contributed by atoms with E-state index >= 15 is 0 Å². The first-order valence-electron chi connectivity index (χ1n) is 9.73. The molecule has 10 nitrogen and oxygen atoms in total. The third kappa shape index (κ3) is 5.56. The summed E-state index contributed by atoms with van der Waals surface area (Å²) >= 11 is 0. The third-order valence-electron chi connectivity index (χ3n) is 4.50. The highest BCUT2D eigenvalue weighted by atomic mass is 32.2. The van der Waals surface area contributed by atoms with Crippen LogP contribution in [-0.2, 0) is 26.0 Å². The van der Waals surface area contributed by atoms with Crippen LogP contribution in [0.3, 0.4) is 0 Å². The molecule has 1 heterocycles. The number of likely N-dealkylation sites (N-methyl/N-ethyl adjacent to an activating group) is 1. The molecule has 1 amide bonds. The van der Waals surface area contributed by atoms with Crippen molar-refractivity contribution < 1.29 is 22.7 Å². The summed E-state index contributed by atoms with van der Waals surface area (Å²) in [7, 11) is -2.39. The van der Waals surface area contributed by atoms with Gasteiger partial charge in [0.1, 0.15) is 12.4 Å². The van der Waals surface area contributed by atoms with Crippen molar-refractivity contribution in [1.29, 1.82) is 0 Å². The Morgan fingerprint density at radius 2 is 1.75 bits per heavy atom. The summed E-state index contributed by atoms with van der Waals surface area (Å²) in [6.07, 6.45) is 0.375. The van der Waals surface area contributed by atoms with Crippen molar-refractivity contribution in [2.75, 3.05) is 20.2 Å². The van der Waals surface area contributed by atoms with Gasteiger partial charge in [0, 0.05) is 13.5 Å². The monoisotopic (exact) mass is 457 g/mol. The minimum absolute atomic E-state index is 0.0450. The Labute approximate surface area is 185 Å². The molecule has 0 spiro atoms. The average molecular weight is 458 g/mol. The number of carbonyl (C=O) groups excluding carboxylic acids is 2. The highest BCUT2D eigenvalue weighted by molar-refractivity contribution is 7.89. The maximum absolute atomic E-state index is 12.8. The highest BCUT2D eigenvalue weighted by Gasteiger charge is 2.23. The maximum Gasteiger partial charge on any atom is 0.325 e. The van der Waals surface area contributed by atoms with E-state index in [1.54, 1.807) is 6.92 Å². The lowest BCUT2D eigenvalue weighted by molar-refractivity contribution is -0.143. The zero-order valence-corrected chi connectivity index (χ0v) is 18.4. The zero-order valence-electron chi connectivity index (χ0n) is 17.6. The van der Waals surface area contributed by atoms with Crippen molar-refractivity contribution >= 4 is 21.9 Å². The van der Waals surface area contributed by atoms with E-state index < -0.39 is 21.9 Å².